The zero-order valence-electron chi connectivity index (χ0n) is 17.1. The van der Waals surface area contributed by atoms with Gasteiger partial charge in [-0.25, -0.2) is 4.39 Å². The second kappa shape index (κ2) is 9.39. The van der Waals surface area contributed by atoms with Crippen molar-refractivity contribution in [2.75, 3.05) is 19.6 Å². The van der Waals surface area contributed by atoms with E-state index in [1.54, 1.807) is 17.0 Å². The molecule has 0 radical (unpaired) electrons. The number of carbonyl (C=O) groups excluding carboxylic acids is 2. The molecule has 6 heteroatoms. The van der Waals surface area contributed by atoms with Gasteiger partial charge in [0.15, 0.2) is 0 Å². The van der Waals surface area contributed by atoms with E-state index in [9.17, 15) is 14.0 Å². The lowest BCUT2D eigenvalue weighted by molar-refractivity contribution is -0.129. The predicted molar refractivity (Wildman–Crippen MR) is 113 cm³/mol. The number of nitrogens with one attached hydrogen (secondary N) is 1. The number of nitrogens with zero attached hydrogens (tertiary/aromatic N) is 2. The van der Waals surface area contributed by atoms with Crippen molar-refractivity contribution in [2.45, 2.75) is 38.4 Å². The highest BCUT2D eigenvalue weighted by Crippen LogP contribution is 2.22. The normalized spacial score (nSPS) is 20.5. The van der Waals surface area contributed by atoms with Gasteiger partial charge in [-0.2, -0.15) is 0 Å². The van der Waals surface area contributed by atoms with E-state index in [2.05, 4.69) is 34.5 Å². The van der Waals surface area contributed by atoms with Crippen LogP contribution in [-0.4, -0.2) is 47.3 Å². The van der Waals surface area contributed by atoms with E-state index >= 15 is 0 Å². The van der Waals surface area contributed by atoms with Crippen LogP contribution in [0.5, 0.6) is 0 Å². The molecule has 4 rings (SSSR count). The molecule has 30 heavy (non-hydrogen) atoms. The minimum absolute atomic E-state index is 0.0165. The fourth-order valence-corrected chi connectivity index (χ4v) is 4.31. The number of likely N-dealkylation sites (tertiary alicyclic amines) is 2. The monoisotopic (exact) mass is 409 g/mol. The Labute approximate surface area is 176 Å². The summed E-state index contributed by atoms with van der Waals surface area (Å²) >= 11 is 0. The number of halogens is 1. The molecule has 2 saturated heterocycles. The fourth-order valence-electron chi connectivity index (χ4n) is 4.31. The molecule has 5 nitrogen and oxygen atoms in total. The molecule has 2 amide bonds. The third-order valence-corrected chi connectivity index (χ3v) is 6.05. The van der Waals surface area contributed by atoms with Crippen molar-refractivity contribution < 1.29 is 14.0 Å². The molecule has 1 unspecified atom stereocenters. The number of hydrogen-bond acceptors (Lipinski definition) is 3. The lowest BCUT2D eigenvalue weighted by atomic mass is 10.0. The van der Waals surface area contributed by atoms with E-state index in [1.807, 2.05) is 6.07 Å². The number of carbonyl (C=O) groups is 2. The summed E-state index contributed by atoms with van der Waals surface area (Å²) in [7, 11) is 0. The van der Waals surface area contributed by atoms with Crippen LogP contribution in [0.4, 0.5) is 4.39 Å². The smallest absolute Gasteiger partial charge is 0.225 e. The molecule has 2 fully saturated rings. The first-order valence-corrected chi connectivity index (χ1v) is 10.7. The SMILES string of the molecule is O=C(NC1CCN(Cc2ccccc2)CC1)C1CC(=O)N(Cc2ccc(F)cc2)C1. The van der Waals surface area contributed by atoms with Gasteiger partial charge < -0.3 is 10.2 Å². The summed E-state index contributed by atoms with van der Waals surface area (Å²) in [6.45, 7) is 3.70. The van der Waals surface area contributed by atoms with Gasteiger partial charge in [-0.3, -0.25) is 14.5 Å². The third-order valence-electron chi connectivity index (χ3n) is 6.05. The van der Waals surface area contributed by atoms with Crippen molar-refractivity contribution in [2.24, 2.45) is 5.92 Å². The minimum Gasteiger partial charge on any atom is -0.353 e. The van der Waals surface area contributed by atoms with Crippen LogP contribution in [0.25, 0.3) is 0 Å². The first-order valence-electron chi connectivity index (χ1n) is 10.7. The molecule has 0 saturated carbocycles. The molecule has 0 bridgehead atoms. The lowest BCUT2D eigenvalue weighted by Crippen LogP contribution is -2.46. The van der Waals surface area contributed by atoms with Gasteiger partial charge in [0.25, 0.3) is 0 Å². The summed E-state index contributed by atoms with van der Waals surface area (Å²) in [5.41, 5.74) is 2.18. The molecular weight excluding hydrogens is 381 g/mol. The maximum atomic E-state index is 13.1. The summed E-state index contributed by atoms with van der Waals surface area (Å²) in [5, 5.41) is 3.16. The largest absolute Gasteiger partial charge is 0.353 e. The first-order chi connectivity index (χ1) is 14.6. The van der Waals surface area contributed by atoms with Crippen LogP contribution in [-0.2, 0) is 22.7 Å². The van der Waals surface area contributed by atoms with Crippen molar-refractivity contribution in [3.05, 3.63) is 71.5 Å². The van der Waals surface area contributed by atoms with Gasteiger partial charge in [0.05, 0.1) is 5.92 Å². The van der Waals surface area contributed by atoms with Crippen molar-refractivity contribution in [1.82, 2.24) is 15.1 Å². The van der Waals surface area contributed by atoms with Crippen LogP contribution >= 0.6 is 0 Å². The quantitative estimate of drug-likeness (QED) is 0.798. The zero-order chi connectivity index (χ0) is 20.9. The van der Waals surface area contributed by atoms with E-state index in [4.69, 9.17) is 0 Å². The fraction of sp³-hybridized carbons (Fsp3) is 0.417. The molecule has 1 atom stereocenters. The van der Waals surface area contributed by atoms with E-state index in [1.165, 1.54) is 17.7 Å². The van der Waals surface area contributed by atoms with Gasteiger partial charge >= 0.3 is 0 Å². The minimum atomic E-state index is -0.305. The highest BCUT2D eigenvalue weighted by atomic mass is 19.1. The van der Waals surface area contributed by atoms with Crippen LogP contribution in [0.1, 0.15) is 30.4 Å². The molecule has 2 aromatic rings. The van der Waals surface area contributed by atoms with E-state index < -0.39 is 0 Å². The van der Waals surface area contributed by atoms with Gasteiger partial charge in [-0.15, -0.1) is 0 Å². The summed E-state index contributed by atoms with van der Waals surface area (Å²) in [4.78, 5) is 29.2. The predicted octanol–water partition coefficient (Wildman–Crippen LogP) is 2.96. The van der Waals surface area contributed by atoms with Crippen LogP contribution in [0.15, 0.2) is 54.6 Å². The van der Waals surface area contributed by atoms with Gasteiger partial charge in [0.2, 0.25) is 11.8 Å². The Morgan fingerprint density at radius 2 is 1.63 bits per heavy atom. The maximum absolute atomic E-state index is 13.1. The van der Waals surface area contributed by atoms with Crippen molar-refractivity contribution in [3.8, 4) is 0 Å². The first kappa shape index (κ1) is 20.5. The maximum Gasteiger partial charge on any atom is 0.225 e. The Kier molecular flexibility index (Phi) is 6.43. The number of hydrogen-bond donors (Lipinski definition) is 1. The average Bonchev–Trinajstić information content (AvgIpc) is 3.12. The van der Waals surface area contributed by atoms with Crippen LogP contribution in [0.2, 0.25) is 0 Å². The van der Waals surface area contributed by atoms with E-state index in [0.29, 0.717) is 13.1 Å². The van der Waals surface area contributed by atoms with Crippen LogP contribution < -0.4 is 5.32 Å². The van der Waals surface area contributed by atoms with Crippen molar-refractivity contribution >= 4 is 11.8 Å². The molecule has 0 aliphatic carbocycles. The van der Waals surface area contributed by atoms with Crippen molar-refractivity contribution in [3.63, 3.8) is 0 Å². The van der Waals surface area contributed by atoms with Crippen LogP contribution in [0.3, 0.4) is 0 Å². The second-order valence-electron chi connectivity index (χ2n) is 8.35. The summed E-state index contributed by atoms with van der Waals surface area (Å²) in [5.74, 6) is -0.637. The van der Waals surface area contributed by atoms with Gasteiger partial charge in [0.1, 0.15) is 5.82 Å². The number of rotatable bonds is 6. The molecule has 0 aromatic heterocycles. The number of amides is 2. The van der Waals surface area contributed by atoms with Gasteiger partial charge in [0, 0.05) is 45.2 Å². The van der Waals surface area contributed by atoms with Gasteiger partial charge in [-0.05, 0) is 36.1 Å². The Morgan fingerprint density at radius 3 is 2.33 bits per heavy atom. The summed E-state index contributed by atoms with van der Waals surface area (Å²) in [6, 6.07) is 16.7. The molecule has 2 aromatic carbocycles. The molecule has 2 aliphatic heterocycles. The van der Waals surface area contributed by atoms with E-state index in [-0.39, 0.29) is 36.0 Å². The molecule has 0 spiro atoms. The van der Waals surface area contributed by atoms with Gasteiger partial charge in [-0.1, -0.05) is 42.5 Å². The van der Waals surface area contributed by atoms with E-state index in [0.717, 1.165) is 38.0 Å². The third kappa shape index (κ3) is 5.25. The Bertz CT molecular complexity index is 864. The van der Waals surface area contributed by atoms with Crippen molar-refractivity contribution in [1.29, 1.82) is 0 Å². The molecule has 158 valence electrons. The molecule has 1 N–H and O–H groups in total. The summed E-state index contributed by atoms with van der Waals surface area (Å²) in [6.07, 6.45) is 2.11. The number of piperidine rings is 1. The second-order valence-corrected chi connectivity index (χ2v) is 8.35. The molecular formula is C24H28FN3O2. The topological polar surface area (TPSA) is 52.7 Å². The lowest BCUT2D eigenvalue weighted by Gasteiger charge is -2.32. The zero-order valence-corrected chi connectivity index (χ0v) is 17.1. The standard InChI is InChI=1S/C24H28FN3O2/c25-21-8-6-19(7-9-21)16-28-17-20(14-23(28)29)24(30)26-22-10-12-27(13-11-22)15-18-4-2-1-3-5-18/h1-9,20,22H,10-17H2,(H,26,30). The van der Waals surface area contributed by atoms with Crippen LogP contribution in [0, 0.1) is 11.7 Å². The Balaban J connectivity index is 1.22. The molecule has 2 heterocycles. The Hall–Kier alpha value is -2.73. The highest BCUT2D eigenvalue weighted by molar-refractivity contribution is 5.89. The highest BCUT2D eigenvalue weighted by Gasteiger charge is 2.35. The average molecular weight is 410 g/mol. The molecule has 2 aliphatic rings. The summed E-state index contributed by atoms with van der Waals surface area (Å²) < 4.78 is 13.1. The Morgan fingerprint density at radius 1 is 0.967 bits per heavy atom. The number of benzene rings is 2.